The molecule has 2 aromatic heterocycles. The second kappa shape index (κ2) is 9.84. The maximum atomic E-state index is 6.70. The monoisotopic (exact) mass is 582 g/mol. The van der Waals surface area contributed by atoms with Crippen molar-refractivity contribution < 1.29 is 9.15 Å². The fourth-order valence-electron chi connectivity index (χ4n) is 6.89. The molecule has 9 rings (SSSR count). The van der Waals surface area contributed by atoms with Crippen molar-refractivity contribution in [3.8, 4) is 32.4 Å². The van der Waals surface area contributed by atoms with E-state index in [1.165, 1.54) is 26.4 Å². The second-order valence-electron chi connectivity index (χ2n) is 11.3. The zero-order valence-corrected chi connectivity index (χ0v) is 24.6. The van der Waals surface area contributed by atoms with Gasteiger partial charge >= 0.3 is 0 Å². The molecule has 0 saturated carbocycles. The van der Waals surface area contributed by atoms with Gasteiger partial charge < -0.3 is 9.15 Å². The molecular formula is C41H26O2S. The average Bonchev–Trinajstić information content (AvgIpc) is 3.73. The topological polar surface area (TPSA) is 22.4 Å². The molecule has 0 N–H and O–H groups in total. The molecule has 44 heavy (non-hydrogen) atoms. The van der Waals surface area contributed by atoms with Gasteiger partial charge in [0.25, 0.3) is 0 Å². The Balaban J connectivity index is 1.19. The van der Waals surface area contributed by atoms with E-state index in [9.17, 15) is 0 Å². The van der Waals surface area contributed by atoms with Crippen LogP contribution in [0.4, 0.5) is 0 Å². The molecular weight excluding hydrogens is 557 g/mol. The minimum Gasteiger partial charge on any atom is -0.457 e. The molecule has 0 spiro atoms. The SMILES string of the molecule is c1ccc(C2(c3ccccc3)c3ccccc3Oc3cc(-c4ccc(-c5ccc6oc7ccccc7c6c5)s4)ccc32)cc1. The summed E-state index contributed by atoms with van der Waals surface area (Å²) in [5.41, 5.74) is 8.40. The molecule has 3 heteroatoms. The lowest BCUT2D eigenvalue weighted by Gasteiger charge is -2.41. The van der Waals surface area contributed by atoms with Crippen LogP contribution < -0.4 is 4.74 Å². The highest BCUT2D eigenvalue weighted by molar-refractivity contribution is 7.18. The van der Waals surface area contributed by atoms with Gasteiger partial charge in [-0.25, -0.2) is 0 Å². The van der Waals surface area contributed by atoms with Crippen molar-refractivity contribution in [2.75, 3.05) is 0 Å². The van der Waals surface area contributed by atoms with Gasteiger partial charge in [0.15, 0.2) is 0 Å². The first-order chi connectivity index (χ1) is 21.8. The van der Waals surface area contributed by atoms with E-state index in [4.69, 9.17) is 9.15 Å². The molecule has 0 saturated heterocycles. The highest BCUT2D eigenvalue weighted by Gasteiger charge is 2.45. The van der Waals surface area contributed by atoms with Crippen LogP contribution in [0.1, 0.15) is 22.3 Å². The number of para-hydroxylation sites is 2. The molecule has 0 aliphatic carbocycles. The predicted octanol–water partition coefficient (Wildman–Crippen LogP) is 11.5. The number of ether oxygens (including phenoxy) is 1. The molecule has 0 unspecified atom stereocenters. The Kier molecular flexibility index (Phi) is 5.62. The van der Waals surface area contributed by atoms with Gasteiger partial charge in [-0.3, -0.25) is 0 Å². The first kappa shape index (κ1) is 25.1. The van der Waals surface area contributed by atoms with Crippen LogP contribution in [-0.4, -0.2) is 0 Å². The van der Waals surface area contributed by atoms with Gasteiger partial charge in [0.1, 0.15) is 22.7 Å². The van der Waals surface area contributed by atoms with Crippen LogP contribution in [0.2, 0.25) is 0 Å². The van der Waals surface area contributed by atoms with Gasteiger partial charge in [0, 0.05) is 31.7 Å². The maximum Gasteiger partial charge on any atom is 0.135 e. The summed E-state index contributed by atoms with van der Waals surface area (Å²) in [4.78, 5) is 2.42. The fourth-order valence-corrected chi connectivity index (χ4v) is 7.89. The van der Waals surface area contributed by atoms with E-state index in [0.29, 0.717) is 0 Å². The molecule has 0 atom stereocenters. The number of rotatable bonds is 4. The highest BCUT2D eigenvalue weighted by Crippen LogP contribution is 2.56. The van der Waals surface area contributed by atoms with E-state index in [2.05, 4.69) is 146 Å². The minimum atomic E-state index is -0.505. The van der Waals surface area contributed by atoms with Gasteiger partial charge in [0.2, 0.25) is 0 Å². The Labute approximate surface area is 259 Å². The summed E-state index contributed by atoms with van der Waals surface area (Å²) in [5, 5.41) is 2.29. The van der Waals surface area contributed by atoms with E-state index < -0.39 is 5.41 Å². The third kappa shape index (κ3) is 3.73. The van der Waals surface area contributed by atoms with Gasteiger partial charge in [-0.1, -0.05) is 109 Å². The van der Waals surface area contributed by atoms with Crippen molar-refractivity contribution in [1.29, 1.82) is 0 Å². The largest absolute Gasteiger partial charge is 0.457 e. The van der Waals surface area contributed by atoms with Crippen molar-refractivity contribution in [3.05, 3.63) is 180 Å². The van der Waals surface area contributed by atoms with Crippen LogP contribution in [0.25, 0.3) is 42.8 Å². The normalized spacial score (nSPS) is 13.4. The van der Waals surface area contributed by atoms with Crippen LogP contribution in [0.3, 0.4) is 0 Å². The van der Waals surface area contributed by atoms with Gasteiger partial charge in [-0.05, 0) is 70.8 Å². The predicted molar refractivity (Wildman–Crippen MR) is 181 cm³/mol. The third-order valence-corrected chi connectivity index (χ3v) is 10.0. The van der Waals surface area contributed by atoms with E-state index in [1.807, 2.05) is 12.1 Å². The van der Waals surface area contributed by atoms with Gasteiger partial charge in [0.05, 0.1) is 5.41 Å². The minimum absolute atomic E-state index is 0.505. The smallest absolute Gasteiger partial charge is 0.135 e. The molecule has 0 bridgehead atoms. The molecule has 0 fully saturated rings. The van der Waals surface area contributed by atoms with E-state index >= 15 is 0 Å². The quantitative estimate of drug-likeness (QED) is 0.206. The van der Waals surface area contributed by atoms with Crippen LogP contribution in [0, 0.1) is 0 Å². The lowest BCUT2D eigenvalue weighted by atomic mass is 9.63. The van der Waals surface area contributed by atoms with Crippen LogP contribution in [0.15, 0.2) is 162 Å². The summed E-state index contributed by atoms with van der Waals surface area (Å²) in [5.74, 6) is 1.77. The number of benzene rings is 6. The van der Waals surface area contributed by atoms with Crippen molar-refractivity contribution >= 4 is 33.3 Å². The van der Waals surface area contributed by atoms with Gasteiger partial charge in [-0.15, -0.1) is 11.3 Å². The Morgan fingerprint density at radius 1 is 0.432 bits per heavy atom. The first-order valence-electron chi connectivity index (χ1n) is 14.8. The molecule has 3 heterocycles. The van der Waals surface area contributed by atoms with Crippen molar-refractivity contribution in [2.24, 2.45) is 0 Å². The third-order valence-electron chi connectivity index (χ3n) is 8.86. The van der Waals surface area contributed by atoms with Crippen molar-refractivity contribution in [1.82, 2.24) is 0 Å². The lowest BCUT2D eigenvalue weighted by Crippen LogP contribution is -2.34. The van der Waals surface area contributed by atoms with Crippen LogP contribution >= 0.6 is 11.3 Å². The molecule has 8 aromatic rings. The number of hydrogen-bond acceptors (Lipinski definition) is 3. The van der Waals surface area contributed by atoms with Crippen LogP contribution in [-0.2, 0) is 5.41 Å². The van der Waals surface area contributed by atoms with Crippen molar-refractivity contribution in [2.45, 2.75) is 5.41 Å². The molecule has 0 radical (unpaired) electrons. The summed E-state index contributed by atoms with van der Waals surface area (Å²) in [7, 11) is 0. The number of hydrogen-bond donors (Lipinski definition) is 0. The molecule has 1 aliphatic heterocycles. The summed E-state index contributed by atoms with van der Waals surface area (Å²) >= 11 is 1.80. The van der Waals surface area contributed by atoms with E-state index in [-0.39, 0.29) is 0 Å². The van der Waals surface area contributed by atoms with Crippen molar-refractivity contribution in [3.63, 3.8) is 0 Å². The van der Waals surface area contributed by atoms with E-state index in [0.717, 1.165) is 50.1 Å². The second-order valence-corrected chi connectivity index (χ2v) is 12.3. The zero-order chi connectivity index (χ0) is 29.1. The van der Waals surface area contributed by atoms with E-state index in [1.54, 1.807) is 11.3 Å². The number of fused-ring (bicyclic) bond motifs is 5. The first-order valence-corrected chi connectivity index (χ1v) is 15.7. The number of thiophene rings is 1. The average molecular weight is 583 g/mol. The fraction of sp³-hybridized carbons (Fsp3) is 0.0244. The molecule has 0 amide bonds. The molecule has 6 aromatic carbocycles. The summed E-state index contributed by atoms with van der Waals surface area (Å²) < 4.78 is 12.8. The summed E-state index contributed by atoms with van der Waals surface area (Å²) in [6.07, 6.45) is 0. The van der Waals surface area contributed by atoms with Crippen LogP contribution in [0.5, 0.6) is 11.5 Å². The summed E-state index contributed by atoms with van der Waals surface area (Å²) in [6.45, 7) is 0. The Morgan fingerprint density at radius 3 is 1.80 bits per heavy atom. The summed E-state index contributed by atoms with van der Waals surface area (Å²) in [6, 6.07) is 56.0. The number of furan rings is 1. The molecule has 208 valence electrons. The Hall–Kier alpha value is -5.38. The van der Waals surface area contributed by atoms with Gasteiger partial charge in [-0.2, -0.15) is 0 Å². The maximum absolute atomic E-state index is 6.70. The Morgan fingerprint density at radius 2 is 1.02 bits per heavy atom. The highest BCUT2D eigenvalue weighted by atomic mass is 32.1. The lowest BCUT2D eigenvalue weighted by molar-refractivity contribution is 0.435. The molecule has 1 aliphatic rings. The Bertz CT molecular complexity index is 2270. The standard InChI is InChI=1S/C41H26O2S/c1-3-11-29(12-4-1)41(30-13-5-2-6-14-30)33-16-8-10-18-37(33)43-38-26-28(19-21-34(38)41)40-24-23-39(44-40)27-20-22-36-32(25-27)31-15-7-9-17-35(31)42-36/h1-26H. The molecule has 2 nitrogen and oxygen atoms in total. The zero-order valence-electron chi connectivity index (χ0n) is 23.7.